The SMILES string of the molecule is COc1ccc(C23CCC(=O)N2c2ccccc2S3)cc1. The van der Waals surface area contributed by atoms with Crippen molar-refractivity contribution in [2.45, 2.75) is 22.6 Å². The molecule has 1 amide bonds. The van der Waals surface area contributed by atoms with E-state index in [1.165, 1.54) is 4.90 Å². The fourth-order valence-corrected chi connectivity index (χ4v) is 4.74. The van der Waals surface area contributed by atoms with E-state index in [0.717, 1.165) is 23.4 Å². The molecule has 1 saturated heterocycles. The maximum atomic E-state index is 12.4. The maximum absolute atomic E-state index is 12.4. The van der Waals surface area contributed by atoms with Crippen molar-refractivity contribution in [1.29, 1.82) is 0 Å². The zero-order chi connectivity index (χ0) is 14.4. The molecule has 0 N–H and O–H groups in total. The van der Waals surface area contributed by atoms with Crippen LogP contribution in [0.5, 0.6) is 5.75 Å². The van der Waals surface area contributed by atoms with Gasteiger partial charge in [0.05, 0.1) is 12.8 Å². The predicted octanol–water partition coefficient (Wildman–Crippen LogP) is 3.78. The highest BCUT2D eigenvalue weighted by Gasteiger charge is 2.53. The third kappa shape index (κ3) is 1.72. The summed E-state index contributed by atoms with van der Waals surface area (Å²) in [6.45, 7) is 0. The third-order valence-corrected chi connectivity index (χ3v) is 5.74. The average Bonchev–Trinajstić information content (AvgIpc) is 3.03. The van der Waals surface area contributed by atoms with Gasteiger partial charge in [0.15, 0.2) is 0 Å². The fourth-order valence-electron chi connectivity index (χ4n) is 3.22. The van der Waals surface area contributed by atoms with Crippen LogP contribution in [0.2, 0.25) is 0 Å². The first-order valence-corrected chi connectivity index (χ1v) is 7.82. The summed E-state index contributed by atoms with van der Waals surface area (Å²) in [5.74, 6) is 1.05. The number of thioether (sulfide) groups is 1. The molecule has 0 aliphatic carbocycles. The van der Waals surface area contributed by atoms with Gasteiger partial charge in [-0.15, -0.1) is 0 Å². The van der Waals surface area contributed by atoms with Crippen molar-refractivity contribution in [1.82, 2.24) is 0 Å². The first kappa shape index (κ1) is 12.8. The number of benzene rings is 2. The number of hydrogen-bond donors (Lipinski definition) is 0. The van der Waals surface area contributed by atoms with Crippen molar-refractivity contribution in [3.63, 3.8) is 0 Å². The van der Waals surface area contributed by atoms with Crippen LogP contribution in [-0.2, 0) is 9.67 Å². The van der Waals surface area contributed by atoms with E-state index in [9.17, 15) is 4.79 Å². The van der Waals surface area contributed by atoms with Gasteiger partial charge in [0.2, 0.25) is 5.91 Å². The quantitative estimate of drug-likeness (QED) is 0.845. The molecule has 106 valence electrons. The fraction of sp³-hybridized carbons (Fsp3) is 0.235. The second-order valence-corrected chi connectivity index (χ2v) is 6.63. The molecule has 2 aromatic rings. The number of carbonyl (C=O) groups is 1. The van der Waals surface area contributed by atoms with Gasteiger partial charge >= 0.3 is 0 Å². The van der Waals surface area contributed by atoms with Crippen LogP contribution in [0.4, 0.5) is 5.69 Å². The van der Waals surface area contributed by atoms with E-state index in [0.29, 0.717) is 6.42 Å². The van der Waals surface area contributed by atoms with Crippen LogP contribution < -0.4 is 9.64 Å². The number of carbonyl (C=O) groups excluding carboxylic acids is 1. The van der Waals surface area contributed by atoms with Gasteiger partial charge in [-0.1, -0.05) is 36.0 Å². The van der Waals surface area contributed by atoms with Crippen molar-refractivity contribution >= 4 is 23.4 Å². The molecular formula is C17H15NO2S. The zero-order valence-electron chi connectivity index (χ0n) is 11.7. The van der Waals surface area contributed by atoms with Gasteiger partial charge in [-0.25, -0.2) is 0 Å². The molecular weight excluding hydrogens is 282 g/mol. The Bertz CT molecular complexity index is 713. The lowest BCUT2D eigenvalue weighted by Crippen LogP contribution is -2.37. The number of rotatable bonds is 2. The average molecular weight is 297 g/mol. The lowest BCUT2D eigenvalue weighted by molar-refractivity contribution is -0.117. The Balaban J connectivity index is 1.84. The molecule has 0 bridgehead atoms. The van der Waals surface area contributed by atoms with Crippen LogP contribution in [-0.4, -0.2) is 13.0 Å². The molecule has 4 heteroatoms. The number of hydrogen-bond acceptors (Lipinski definition) is 3. The van der Waals surface area contributed by atoms with Crippen molar-refractivity contribution in [2.75, 3.05) is 12.0 Å². The number of methoxy groups -OCH3 is 1. The Kier molecular flexibility index (Phi) is 2.76. The summed E-state index contributed by atoms with van der Waals surface area (Å²) in [6.07, 6.45) is 1.45. The number of amides is 1. The standard InChI is InChI=1S/C17H15NO2S/c1-20-13-8-6-12(7-9-13)17-11-10-16(19)18(17)14-4-2-3-5-15(14)21-17/h2-9H,10-11H2,1H3. The summed E-state index contributed by atoms with van der Waals surface area (Å²) in [5, 5.41) is 0. The molecule has 21 heavy (non-hydrogen) atoms. The van der Waals surface area contributed by atoms with Gasteiger partial charge in [0, 0.05) is 11.3 Å². The zero-order valence-corrected chi connectivity index (χ0v) is 12.5. The van der Waals surface area contributed by atoms with Crippen LogP contribution in [0.3, 0.4) is 0 Å². The second kappa shape index (κ2) is 4.53. The van der Waals surface area contributed by atoms with E-state index in [1.54, 1.807) is 18.9 Å². The van der Waals surface area contributed by atoms with Crippen molar-refractivity contribution < 1.29 is 9.53 Å². The second-order valence-electron chi connectivity index (χ2n) is 5.31. The highest BCUT2D eigenvalue weighted by Crippen LogP contribution is 2.60. The minimum atomic E-state index is -0.285. The van der Waals surface area contributed by atoms with Gasteiger partial charge < -0.3 is 4.74 Å². The van der Waals surface area contributed by atoms with Gasteiger partial charge in [-0.05, 0) is 36.2 Å². The number of nitrogens with zero attached hydrogens (tertiary/aromatic N) is 1. The summed E-state index contributed by atoms with van der Waals surface area (Å²) < 4.78 is 5.24. The summed E-state index contributed by atoms with van der Waals surface area (Å²) in [5.41, 5.74) is 2.20. The third-order valence-electron chi connectivity index (χ3n) is 4.21. The molecule has 2 heterocycles. The lowest BCUT2D eigenvalue weighted by Gasteiger charge is -2.31. The Morgan fingerprint density at radius 1 is 1.14 bits per heavy atom. The molecule has 2 aliphatic heterocycles. The number of para-hydroxylation sites is 1. The smallest absolute Gasteiger partial charge is 0.228 e. The largest absolute Gasteiger partial charge is 0.497 e. The Morgan fingerprint density at radius 2 is 1.90 bits per heavy atom. The minimum Gasteiger partial charge on any atom is -0.497 e. The van der Waals surface area contributed by atoms with E-state index >= 15 is 0 Å². The highest BCUT2D eigenvalue weighted by atomic mass is 32.2. The normalized spacial score (nSPS) is 23.1. The van der Waals surface area contributed by atoms with Gasteiger partial charge in [-0.3, -0.25) is 9.69 Å². The number of ether oxygens (including phenoxy) is 1. The van der Waals surface area contributed by atoms with Crippen LogP contribution in [0.1, 0.15) is 18.4 Å². The molecule has 1 fully saturated rings. The molecule has 0 saturated carbocycles. The molecule has 2 aromatic carbocycles. The number of anilines is 1. The molecule has 0 radical (unpaired) electrons. The van der Waals surface area contributed by atoms with Gasteiger partial charge in [0.25, 0.3) is 0 Å². The molecule has 0 aromatic heterocycles. The molecule has 3 nitrogen and oxygen atoms in total. The van der Waals surface area contributed by atoms with E-state index in [4.69, 9.17) is 4.74 Å². The highest BCUT2D eigenvalue weighted by molar-refractivity contribution is 8.01. The van der Waals surface area contributed by atoms with Crippen LogP contribution in [0.25, 0.3) is 0 Å². The van der Waals surface area contributed by atoms with Gasteiger partial charge in [0.1, 0.15) is 10.6 Å². The predicted molar refractivity (Wildman–Crippen MR) is 83.7 cm³/mol. The molecule has 2 aliphatic rings. The maximum Gasteiger partial charge on any atom is 0.228 e. The van der Waals surface area contributed by atoms with Gasteiger partial charge in [-0.2, -0.15) is 0 Å². The van der Waals surface area contributed by atoms with Crippen LogP contribution >= 0.6 is 11.8 Å². The minimum absolute atomic E-state index is 0.211. The van der Waals surface area contributed by atoms with Crippen molar-refractivity contribution in [2.24, 2.45) is 0 Å². The number of fused-ring (bicyclic) bond motifs is 3. The molecule has 1 unspecified atom stereocenters. The van der Waals surface area contributed by atoms with Crippen molar-refractivity contribution in [3.05, 3.63) is 54.1 Å². The van der Waals surface area contributed by atoms with Crippen LogP contribution in [0, 0.1) is 0 Å². The summed E-state index contributed by atoms with van der Waals surface area (Å²) in [4.78, 5) is 15.3. The monoisotopic (exact) mass is 297 g/mol. The summed E-state index contributed by atoms with van der Waals surface area (Å²) in [6, 6.07) is 16.2. The first-order chi connectivity index (χ1) is 10.2. The molecule has 1 atom stereocenters. The van der Waals surface area contributed by atoms with E-state index < -0.39 is 0 Å². The summed E-state index contributed by atoms with van der Waals surface area (Å²) in [7, 11) is 1.67. The summed E-state index contributed by atoms with van der Waals surface area (Å²) >= 11 is 1.79. The topological polar surface area (TPSA) is 29.5 Å². The van der Waals surface area contributed by atoms with Crippen molar-refractivity contribution in [3.8, 4) is 5.75 Å². The Morgan fingerprint density at radius 3 is 2.67 bits per heavy atom. The molecule has 0 spiro atoms. The first-order valence-electron chi connectivity index (χ1n) is 7.00. The van der Waals surface area contributed by atoms with Crippen LogP contribution in [0.15, 0.2) is 53.4 Å². The van der Waals surface area contributed by atoms with E-state index in [1.807, 2.05) is 35.2 Å². The van der Waals surface area contributed by atoms with E-state index in [-0.39, 0.29) is 10.8 Å². The molecule has 4 rings (SSSR count). The van der Waals surface area contributed by atoms with E-state index in [2.05, 4.69) is 18.2 Å². The lowest BCUT2D eigenvalue weighted by atomic mass is 10.0. The Hall–Kier alpha value is -1.94. The Labute approximate surface area is 127 Å².